The molecule has 14 atom stereocenters. The van der Waals surface area contributed by atoms with Crippen LogP contribution in [0.3, 0.4) is 0 Å². The molecule has 12 nitrogen and oxygen atoms in total. The van der Waals surface area contributed by atoms with Gasteiger partial charge in [0.15, 0.2) is 0 Å². The maximum atomic E-state index is 13.3. The second-order valence-corrected chi connectivity index (χ2v) is 21.9. The zero-order chi connectivity index (χ0) is 48.1. The van der Waals surface area contributed by atoms with Gasteiger partial charge in [0.25, 0.3) is 0 Å². The molecule has 0 radical (unpaired) electrons. The molecule has 2 aliphatic heterocycles. The quantitative estimate of drug-likeness (QED) is 0.101. The lowest BCUT2D eigenvalue weighted by Gasteiger charge is -2.44. The van der Waals surface area contributed by atoms with Gasteiger partial charge in [-0.05, 0) is 126 Å². The van der Waals surface area contributed by atoms with Crippen LogP contribution in [-0.4, -0.2) is 72.4 Å². The van der Waals surface area contributed by atoms with Gasteiger partial charge in [-0.3, -0.25) is 28.8 Å². The van der Waals surface area contributed by atoms with Gasteiger partial charge >= 0.3 is 35.8 Å². The normalized spacial score (nSPS) is 34.3. The Morgan fingerprint density at radius 2 is 0.955 bits per heavy atom. The summed E-state index contributed by atoms with van der Waals surface area (Å²) in [5.41, 5.74) is 1.24. The molecular formula is C54H78O12. The van der Waals surface area contributed by atoms with E-state index >= 15 is 0 Å². The number of fused-ring (bicyclic) bond motifs is 2. The number of carbonyl (C=O) groups excluding carboxylic acids is 6. The van der Waals surface area contributed by atoms with E-state index in [1.165, 1.54) is 11.1 Å². The van der Waals surface area contributed by atoms with Gasteiger partial charge < -0.3 is 28.4 Å². The third-order valence-corrected chi connectivity index (χ3v) is 15.8. The first kappa shape index (κ1) is 51.2. The highest BCUT2D eigenvalue weighted by atomic mass is 16.6. The van der Waals surface area contributed by atoms with E-state index in [4.69, 9.17) is 28.4 Å². The first-order chi connectivity index (χ1) is 31.2. The third kappa shape index (κ3) is 12.9. The fourth-order valence-electron chi connectivity index (χ4n) is 11.0. The second kappa shape index (κ2) is 21.8. The Kier molecular flexibility index (Phi) is 16.9. The molecule has 366 valence electrons. The van der Waals surface area contributed by atoms with E-state index in [2.05, 4.69) is 64.2 Å². The Morgan fingerprint density at radius 1 is 0.576 bits per heavy atom. The number of allylic oxidation sites excluding steroid dienone is 6. The molecule has 6 aliphatic rings. The van der Waals surface area contributed by atoms with Crippen LogP contribution in [0.2, 0.25) is 0 Å². The van der Waals surface area contributed by atoms with Crippen molar-refractivity contribution in [2.24, 2.45) is 58.2 Å². The van der Waals surface area contributed by atoms with Crippen LogP contribution in [0.15, 0.2) is 47.6 Å². The SMILES string of the molecule is CCC(C)(C)C(=O)O[C@@H]1C[C@H](C)C=C2C=C[C@@H](C)[C@@H](CC[C@@H]3C[C@H](OC(=O)CCC(=O)O[C@@H]4CC(=O)O[C@H](CC[C@H]5[C@H]6C(=C[C@@H](C)C[C@H]6OC(=O)C(C)(C)CC)C=C[C@H]5C)C4)CC(=O)O3)[C@@H]21. The molecule has 12 heteroatoms. The van der Waals surface area contributed by atoms with Crippen molar-refractivity contribution >= 4 is 35.8 Å². The summed E-state index contributed by atoms with van der Waals surface area (Å²) in [6.45, 7) is 20.3. The van der Waals surface area contributed by atoms with Crippen LogP contribution in [0.4, 0.5) is 0 Å². The molecular weight excluding hydrogens is 841 g/mol. The van der Waals surface area contributed by atoms with Crippen LogP contribution in [0.1, 0.15) is 159 Å². The number of hydrogen-bond donors (Lipinski definition) is 0. The van der Waals surface area contributed by atoms with Crippen molar-refractivity contribution in [2.75, 3.05) is 0 Å². The van der Waals surface area contributed by atoms with E-state index < -0.39 is 59.1 Å². The van der Waals surface area contributed by atoms with E-state index in [-0.39, 0.29) is 97.2 Å². The number of rotatable bonds is 17. The molecule has 4 aliphatic carbocycles. The molecule has 0 aromatic rings. The lowest BCUT2D eigenvalue weighted by molar-refractivity contribution is -0.174. The topological polar surface area (TPSA) is 158 Å². The average Bonchev–Trinajstić information content (AvgIpc) is 3.24. The summed E-state index contributed by atoms with van der Waals surface area (Å²) in [5, 5.41) is 0. The highest BCUT2D eigenvalue weighted by molar-refractivity contribution is 5.79. The molecule has 2 heterocycles. The van der Waals surface area contributed by atoms with Crippen LogP contribution in [0, 0.1) is 58.2 Å². The van der Waals surface area contributed by atoms with Gasteiger partial charge in [-0.15, -0.1) is 0 Å². The van der Waals surface area contributed by atoms with Gasteiger partial charge in [-0.2, -0.15) is 0 Å². The highest BCUT2D eigenvalue weighted by Crippen LogP contribution is 2.47. The summed E-state index contributed by atoms with van der Waals surface area (Å²) in [5.74, 6) is -1.03. The number of hydrogen-bond acceptors (Lipinski definition) is 12. The predicted molar refractivity (Wildman–Crippen MR) is 248 cm³/mol. The fourth-order valence-corrected chi connectivity index (χ4v) is 11.0. The van der Waals surface area contributed by atoms with Crippen molar-refractivity contribution in [1.29, 1.82) is 0 Å². The van der Waals surface area contributed by atoms with Crippen LogP contribution in [0.5, 0.6) is 0 Å². The Morgan fingerprint density at radius 3 is 1.32 bits per heavy atom. The minimum absolute atomic E-state index is 0.0379. The number of ether oxygens (including phenoxy) is 6. The summed E-state index contributed by atoms with van der Waals surface area (Å²) < 4.78 is 35.5. The number of cyclic esters (lactones) is 2. The molecule has 0 N–H and O–H groups in total. The van der Waals surface area contributed by atoms with E-state index in [9.17, 15) is 28.8 Å². The van der Waals surface area contributed by atoms with Crippen LogP contribution >= 0.6 is 0 Å². The van der Waals surface area contributed by atoms with Crippen molar-refractivity contribution in [3.8, 4) is 0 Å². The van der Waals surface area contributed by atoms with E-state index in [1.807, 2.05) is 41.5 Å². The number of carbonyl (C=O) groups is 6. The smallest absolute Gasteiger partial charge is 0.311 e. The summed E-state index contributed by atoms with van der Waals surface area (Å²) in [7, 11) is 0. The summed E-state index contributed by atoms with van der Waals surface area (Å²) >= 11 is 0. The van der Waals surface area contributed by atoms with Gasteiger partial charge in [0.2, 0.25) is 0 Å². The summed E-state index contributed by atoms with van der Waals surface area (Å²) in [4.78, 5) is 78.2. The van der Waals surface area contributed by atoms with E-state index in [0.717, 1.165) is 25.7 Å². The molecule has 0 amide bonds. The second-order valence-electron chi connectivity index (χ2n) is 21.9. The molecule has 6 rings (SSSR count). The lowest BCUT2D eigenvalue weighted by atomic mass is 9.65. The highest BCUT2D eigenvalue weighted by Gasteiger charge is 2.46. The number of esters is 6. The third-order valence-electron chi connectivity index (χ3n) is 15.8. The largest absolute Gasteiger partial charge is 0.462 e. The molecule has 2 fully saturated rings. The minimum Gasteiger partial charge on any atom is -0.462 e. The zero-order valence-corrected chi connectivity index (χ0v) is 41.3. The van der Waals surface area contributed by atoms with E-state index in [0.29, 0.717) is 38.5 Å². The van der Waals surface area contributed by atoms with Crippen LogP contribution in [0.25, 0.3) is 0 Å². The molecule has 0 unspecified atom stereocenters. The lowest BCUT2D eigenvalue weighted by Crippen LogP contribution is -2.43. The van der Waals surface area contributed by atoms with Gasteiger partial charge in [0, 0.05) is 24.7 Å². The van der Waals surface area contributed by atoms with Crippen molar-refractivity contribution in [2.45, 2.75) is 196 Å². The first-order valence-electron chi connectivity index (χ1n) is 25.2. The average molecular weight is 919 g/mol. The molecule has 66 heavy (non-hydrogen) atoms. The van der Waals surface area contributed by atoms with E-state index in [1.54, 1.807) is 0 Å². The first-order valence-corrected chi connectivity index (χ1v) is 25.2. The van der Waals surface area contributed by atoms with Crippen molar-refractivity contribution in [3.63, 3.8) is 0 Å². The Hall–Kier alpha value is -4.22. The Balaban J connectivity index is 0.968. The molecule has 0 aromatic heterocycles. The maximum Gasteiger partial charge on any atom is 0.311 e. The predicted octanol–water partition coefficient (Wildman–Crippen LogP) is 10.1. The maximum absolute atomic E-state index is 13.3. The summed E-state index contributed by atoms with van der Waals surface area (Å²) in [6, 6.07) is 0. The Bertz CT molecular complexity index is 1780. The van der Waals surface area contributed by atoms with Crippen LogP contribution in [-0.2, 0) is 57.2 Å². The Labute approximate surface area is 393 Å². The van der Waals surface area contributed by atoms with Gasteiger partial charge in [-0.1, -0.05) is 78.0 Å². The van der Waals surface area contributed by atoms with Gasteiger partial charge in [0.05, 0.1) is 36.5 Å². The minimum atomic E-state index is -0.676. The van der Waals surface area contributed by atoms with Gasteiger partial charge in [0.1, 0.15) is 36.6 Å². The van der Waals surface area contributed by atoms with Crippen molar-refractivity contribution < 1.29 is 57.2 Å². The van der Waals surface area contributed by atoms with Crippen molar-refractivity contribution in [1.82, 2.24) is 0 Å². The van der Waals surface area contributed by atoms with Crippen LogP contribution < -0.4 is 0 Å². The zero-order valence-electron chi connectivity index (χ0n) is 41.3. The fraction of sp³-hybridized carbons (Fsp3) is 0.741. The molecule has 0 saturated carbocycles. The molecule has 0 spiro atoms. The molecule has 0 aromatic carbocycles. The standard InChI is InChI=1S/C54H78O12/c1-11-53(7,8)51(59)65-43-25-31(3)23-35-15-13-33(5)41(49(35)43)19-17-37-27-39(29-47(57)61-37)63-45(55)21-22-46(56)64-40-28-38(62-48(58)30-40)18-20-42-34(6)14-16-36-24-32(4)26-44(50(36)42)66-52(60)54(9,10)12-2/h13-16,23-24,31-34,37-44,49-50H,11-12,17-22,25-30H2,1-10H3/t31-,32-,33-,34-,37-,38-,39+,40+,41-,42-,43-,44-,49-,50-/m1/s1. The molecule has 0 bridgehead atoms. The summed E-state index contributed by atoms with van der Waals surface area (Å²) in [6.07, 6.45) is 16.2. The van der Waals surface area contributed by atoms with Gasteiger partial charge in [-0.25, -0.2) is 0 Å². The molecule has 2 saturated heterocycles. The monoisotopic (exact) mass is 919 g/mol. The van der Waals surface area contributed by atoms with Crippen molar-refractivity contribution in [3.05, 3.63) is 47.6 Å².